The van der Waals surface area contributed by atoms with Crippen LogP contribution in [0, 0.1) is 0 Å². The third-order valence-corrected chi connectivity index (χ3v) is 4.72. The van der Waals surface area contributed by atoms with E-state index in [4.69, 9.17) is 5.73 Å². The molecule has 7 nitrogen and oxygen atoms in total. The fourth-order valence-electron chi connectivity index (χ4n) is 3.25. The maximum Gasteiger partial charge on any atom is 0.244 e. The molecule has 1 unspecified atom stereocenters. The molecule has 0 radical (unpaired) electrons. The molecular weight excluding hydrogens is 340 g/mol. The Balaban J connectivity index is 1.79. The van der Waals surface area contributed by atoms with Crippen molar-refractivity contribution in [1.29, 1.82) is 0 Å². The number of hydrogen-bond acceptors (Lipinski definition) is 5. The molecule has 3 heterocycles. The van der Waals surface area contributed by atoms with Crippen molar-refractivity contribution in [3.05, 3.63) is 36.0 Å². The number of carbonyl (C=O) groups excluding carboxylic acids is 1. The van der Waals surface area contributed by atoms with Crippen molar-refractivity contribution in [2.45, 2.75) is 32.9 Å². The van der Waals surface area contributed by atoms with Gasteiger partial charge in [-0.3, -0.25) is 14.5 Å². The number of carbonyl (C=O) groups is 1. The Morgan fingerprint density at radius 3 is 2.78 bits per heavy atom. The second-order valence-corrected chi connectivity index (χ2v) is 7.12. The summed E-state index contributed by atoms with van der Waals surface area (Å²) in [6.45, 7) is 6.37. The van der Waals surface area contributed by atoms with Gasteiger partial charge in [0.2, 0.25) is 5.91 Å². The van der Waals surface area contributed by atoms with Gasteiger partial charge >= 0.3 is 0 Å². The lowest BCUT2D eigenvalue weighted by molar-refractivity contribution is -0.124. The number of aromatic nitrogens is 3. The summed E-state index contributed by atoms with van der Waals surface area (Å²) in [7, 11) is 0. The highest BCUT2D eigenvalue weighted by Gasteiger charge is 2.19. The molecule has 27 heavy (non-hydrogen) atoms. The first-order valence-electron chi connectivity index (χ1n) is 9.02. The van der Waals surface area contributed by atoms with E-state index in [-0.39, 0.29) is 11.9 Å². The second kappa shape index (κ2) is 6.50. The van der Waals surface area contributed by atoms with Gasteiger partial charge in [0.05, 0.1) is 17.4 Å². The van der Waals surface area contributed by atoms with Crippen LogP contribution in [0.3, 0.4) is 0 Å². The van der Waals surface area contributed by atoms with Crippen LogP contribution in [-0.2, 0) is 4.79 Å². The lowest BCUT2D eigenvalue weighted by atomic mass is 10.0. The molecular formula is C20H22N6O. The molecule has 2 aromatic heterocycles. The van der Waals surface area contributed by atoms with E-state index in [1.165, 1.54) is 0 Å². The SMILES string of the molecule is CC(C)NC(=O)C(C)n1cc2c(N)nc3cc(C4=CC=NC4)ccc3c2n1. The molecule has 0 spiro atoms. The standard InChI is InChI=1S/C20H22N6O/c1-11(2)23-20(27)12(3)26-10-16-18(25-26)15-5-4-13(14-6-7-22-9-14)8-17(15)24-19(16)21/h4-8,10-12H,9H2,1-3H3,(H2,21,24)(H,23,27). The molecule has 0 aliphatic carbocycles. The number of pyridine rings is 1. The molecule has 138 valence electrons. The van der Waals surface area contributed by atoms with E-state index in [0.29, 0.717) is 12.4 Å². The summed E-state index contributed by atoms with van der Waals surface area (Å²) >= 11 is 0. The molecule has 0 saturated carbocycles. The van der Waals surface area contributed by atoms with Gasteiger partial charge in [0, 0.05) is 23.8 Å². The number of hydrogen-bond donors (Lipinski definition) is 2. The van der Waals surface area contributed by atoms with Crippen LogP contribution in [0.4, 0.5) is 5.82 Å². The first-order chi connectivity index (χ1) is 12.9. The van der Waals surface area contributed by atoms with Crippen LogP contribution in [-0.4, -0.2) is 39.5 Å². The van der Waals surface area contributed by atoms with Gasteiger partial charge < -0.3 is 11.1 Å². The molecule has 1 aliphatic heterocycles. The zero-order chi connectivity index (χ0) is 19.1. The fraction of sp³-hybridized carbons (Fsp3) is 0.300. The van der Waals surface area contributed by atoms with Gasteiger partial charge in [-0.1, -0.05) is 6.07 Å². The van der Waals surface area contributed by atoms with Gasteiger partial charge in [-0.15, -0.1) is 0 Å². The van der Waals surface area contributed by atoms with E-state index < -0.39 is 6.04 Å². The summed E-state index contributed by atoms with van der Waals surface area (Å²) in [5.74, 6) is 0.332. The normalized spacial score (nSPS) is 14.9. The number of aliphatic imine (C=N–C) groups is 1. The Hall–Kier alpha value is -3.22. The maximum absolute atomic E-state index is 12.3. The first kappa shape index (κ1) is 17.2. The van der Waals surface area contributed by atoms with E-state index in [1.807, 2.05) is 51.3 Å². The molecule has 1 atom stereocenters. The van der Waals surface area contributed by atoms with Gasteiger partial charge in [-0.25, -0.2) is 4.98 Å². The van der Waals surface area contributed by atoms with Crippen LogP contribution in [0.25, 0.3) is 27.4 Å². The highest BCUT2D eigenvalue weighted by molar-refractivity contribution is 6.08. The van der Waals surface area contributed by atoms with Crippen molar-refractivity contribution >= 4 is 45.3 Å². The molecule has 0 fully saturated rings. The number of nitrogen functional groups attached to an aromatic ring is 1. The maximum atomic E-state index is 12.3. The minimum Gasteiger partial charge on any atom is -0.383 e. The Morgan fingerprint density at radius 2 is 2.07 bits per heavy atom. The smallest absolute Gasteiger partial charge is 0.244 e. The van der Waals surface area contributed by atoms with E-state index in [0.717, 1.165) is 32.9 Å². The van der Waals surface area contributed by atoms with Crippen molar-refractivity contribution < 1.29 is 4.79 Å². The van der Waals surface area contributed by atoms with Gasteiger partial charge in [0.1, 0.15) is 17.4 Å². The molecule has 1 amide bonds. The van der Waals surface area contributed by atoms with Gasteiger partial charge in [-0.2, -0.15) is 5.10 Å². The number of benzene rings is 1. The number of nitrogens with zero attached hydrogens (tertiary/aromatic N) is 4. The van der Waals surface area contributed by atoms with Crippen molar-refractivity contribution in [3.63, 3.8) is 0 Å². The molecule has 3 N–H and O–H groups in total. The number of amides is 1. The Bertz CT molecular complexity index is 1110. The summed E-state index contributed by atoms with van der Waals surface area (Å²) in [4.78, 5) is 21.1. The third kappa shape index (κ3) is 3.05. The quantitative estimate of drug-likeness (QED) is 0.745. The average Bonchev–Trinajstić information content (AvgIpc) is 3.30. The predicted molar refractivity (Wildman–Crippen MR) is 109 cm³/mol. The van der Waals surface area contributed by atoms with Crippen LogP contribution in [0.15, 0.2) is 35.5 Å². The van der Waals surface area contributed by atoms with E-state index in [1.54, 1.807) is 10.9 Å². The van der Waals surface area contributed by atoms with Crippen molar-refractivity contribution in [1.82, 2.24) is 20.1 Å². The zero-order valence-corrected chi connectivity index (χ0v) is 15.6. The average molecular weight is 362 g/mol. The molecule has 1 aromatic carbocycles. The van der Waals surface area contributed by atoms with Crippen LogP contribution in [0.5, 0.6) is 0 Å². The molecule has 1 aliphatic rings. The van der Waals surface area contributed by atoms with E-state index in [9.17, 15) is 4.79 Å². The Labute approximate surface area is 157 Å². The van der Waals surface area contributed by atoms with Crippen molar-refractivity contribution in [3.8, 4) is 0 Å². The summed E-state index contributed by atoms with van der Waals surface area (Å²) in [5.41, 5.74) is 9.97. The molecule has 7 heteroatoms. The lowest BCUT2D eigenvalue weighted by Gasteiger charge is -2.14. The van der Waals surface area contributed by atoms with Crippen LogP contribution < -0.4 is 11.1 Å². The van der Waals surface area contributed by atoms with Crippen LogP contribution >= 0.6 is 0 Å². The molecule has 3 aromatic rings. The Kier molecular flexibility index (Phi) is 4.14. The number of rotatable bonds is 4. The first-order valence-corrected chi connectivity index (χ1v) is 9.02. The van der Waals surface area contributed by atoms with Gasteiger partial charge in [0.15, 0.2) is 0 Å². The molecule has 4 rings (SSSR count). The number of fused-ring (bicyclic) bond motifs is 3. The summed E-state index contributed by atoms with van der Waals surface area (Å²) < 4.78 is 1.65. The second-order valence-electron chi connectivity index (χ2n) is 7.12. The predicted octanol–water partition coefficient (Wildman–Crippen LogP) is 2.72. The highest BCUT2D eigenvalue weighted by atomic mass is 16.2. The van der Waals surface area contributed by atoms with Crippen LogP contribution in [0.2, 0.25) is 0 Å². The van der Waals surface area contributed by atoms with Gasteiger partial charge in [0.25, 0.3) is 0 Å². The summed E-state index contributed by atoms with van der Waals surface area (Å²) in [6.07, 6.45) is 5.62. The monoisotopic (exact) mass is 362 g/mol. The number of anilines is 1. The van der Waals surface area contributed by atoms with Crippen molar-refractivity contribution in [2.24, 2.45) is 4.99 Å². The Morgan fingerprint density at radius 1 is 1.26 bits per heavy atom. The van der Waals surface area contributed by atoms with E-state index >= 15 is 0 Å². The fourth-order valence-corrected chi connectivity index (χ4v) is 3.25. The minimum absolute atomic E-state index is 0.0739. The highest BCUT2D eigenvalue weighted by Crippen LogP contribution is 2.30. The largest absolute Gasteiger partial charge is 0.383 e. The molecule has 0 saturated heterocycles. The lowest BCUT2D eigenvalue weighted by Crippen LogP contribution is -2.35. The number of nitrogens with two attached hydrogens (primary N) is 1. The number of nitrogens with one attached hydrogen (secondary N) is 1. The van der Waals surface area contributed by atoms with Gasteiger partial charge in [-0.05, 0) is 50.1 Å². The summed E-state index contributed by atoms with van der Waals surface area (Å²) in [5, 5.41) is 9.23. The van der Waals surface area contributed by atoms with E-state index in [2.05, 4.69) is 20.4 Å². The zero-order valence-electron chi connectivity index (χ0n) is 15.6. The van der Waals surface area contributed by atoms with Crippen molar-refractivity contribution in [2.75, 3.05) is 12.3 Å². The minimum atomic E-state index is -0.436. The van der Waals surface area contributed by atoms with Crippen LogP contribution in [0.1, 0.15) is 32.4 Å². The number of allylic oxidation sites excluding steroid dienone is 1. The summed E-state index contributed by atoms with van der Waals surface area (Å²) in [6, 6.07) is 5.71. The third-order valence-electron chi connectivity index (χ3n) is 4.72. The topological polar surface area (TPSA) is 98.2 Å². The molecule has 0 bridgehead atoms.